The topological polar surface area (TPSA) is 93.1 Å². The Balaban J connectivity index is 2.12. The number of sulfone groups is 1. The molecular formula is C13H16O6S. The molecule has 2 heterocycles. The number of aliphatic hydroxyl groups is 2. The van der Waals surface area contributed by atoms with Gasteiger partial charge >= 0.3 is 0 Å². The Morgan fingerprint density at radius 1 is 1.20 bits per heavy atom. The zero-order chi connectivity index (χ0) is 14.5. The van der Waals surface area contributed by atoms with E-state index < -0.39 is 33.1 Å². The zero-order valence-corrected chi connectivity index (χ0v) is 11.7. The number of hydrogen-bond acceptors (Lipinski definition) is 6. The number of aliphatic hydroxyl groups excluding tert-OH is 2. The molecule has 2 aliphatic heterocycles. The molecule has 0 bridgehead atoms. The van der Waals surface area contributed by atoms with Crippen LogP contribution < -0.4 is 0 Å². The number of rotatable bonds is 2. The molecule has 1 aromatic rings. The summed E-state index contributed by atoms with van der Waals surface area (Å²) in [4.78, 5) is -1.87. The van der Waals surface area contributed by atoms with Crippen LogP contribution in [-0.4, -0.2) is 55.1 Å². The maximum absolute atomic E-state index is 12.8. The lowest BCUT2D eigenvalue weighted by Gasteiger charge is -2.29. The Morgan fingerprint density at radius 3 is 2.50 bits per heavy atom. The first-order valence-electron chi connectivity index (χ1n) is 6.32. The molecule has 2 saturated heterocycles. The lowest BCUT2D eigenvalue weighted by molar-refractivity contribution is -0.0162. The summed E-state index contributed by atoms with van der Waals surface area (Å²) in [5, 5.41) is 19.9. The fourth-order valence-corrected chi connectivity index (χ4v) is 4.83. The molecule has 6 nitrogen and oxygen atoms in total. The highest BCUT2D eigenvalue weighted by molar-refractivity contribution is 7.92. The molecule has 0 unspecified atom stereocenters. The zero-order valence-electron chi connectivity index (χ0n) is 10.9. The molecule has 0 aromatic heterocycles. The van der Waals surface area contributed by atoms with Crippen molar-refractivity contribution in [2.45, 2.75) is 35.1 Å². The van der Waals surface area contributed by atoms with E-state index in [1.54, 1.807) is 12.1 Å². The van der Waals surface area contributed by atoms with Gasteiger partial charge in [-0.05, 0) is 19.1 Å². The van der Waals surface area contributed by atoms with Crippen LogP contribution in [0.4, 0.5) is 0 Å². The first-order chi connectivity index (χ1) is 9.39. The maximum atomic E-state index is 12.8. The van der Waals surface area contributed by atoms with E-state index in [1.807, 2.05) is 6.92 Å². The Morgan fingerprint density at radius 2 is 1.85 bits per heavy atom. The monoisotopic (exact) mass is 300 g/mol. The number of fused-ring (bicyclic) bond motifs is 1. The molecule has 4 atom stereocenters. The summed E-state index contributed by atoms with van der Waals surface area (Å²) >= 11 is 0. The molecule has 2 fully saturated rings. The van der Waals surface area contributed by atoms with E-state index in [2.05, 4.69) is 0 Å². The fourth-order valence-electron chi connectivity index (χ4n) is 2.79. The van der Waals surface area contributed by atoms with Crippen LogP contribution in [0.3, 0.4) is 0 Å². The number of ether oxygens (including phenoxy) is 2. The van der Waals surface area contributed by atoms with E-state index >= 15 is 0 Å². The van der Waals surface area contributed by atoms with E-state index in [0.29, 0.717) is 0 Å². The van der Waals surface area contributed by atoms with Gasteiger partial charge in [0.15, 0.2) is 0 Å². The first kappa shape index (κ1) is 14.0. The molecule has 110 valence electrons. The van der Waals surface area contributed by atoms with E-state index in [9.17, 15) is 18.6 Å². The van der Waals surface area contributed by atoms with E-state index in [-0.39, 0.29) is 18.1 Å². The van der Waals surface area contributed by atoms with Gasteiger partial charge in [0.1, 0.15) is 18.3 Å². The third-order valence-corrected chi connectivity index (χ3v) is 6.23. The molecular weight excluding hydrogens is 284 g/mol. The summed E-state index contributed by atoms with van der Waals surface area (Å²) < 4.78 is 36.2. The third kappa shape index (κ3) is 1.68. The van der Waals surface area contributed by atoms with Gasteiger partial charge in [0.05, 0.1) is 18.1 Å². The molecule has 0 spiro atoms. The van der Waals surface area contributed by atoms with Crippen molar-refractivity contribution in [1.29, 1.82) is 0 Å². The van der Waals surface area contributed by atoms with Gasteiger partial charge in [0.25, 0.3) is 0 Å². The Hall–Kier alpha value is -0.990. The quantitative estimate of drug-likeness (QED) is 0.773. The predicted molar refractivity (Wildman–Crippen MR) is 68.8 cm³/mol. The SMILES string of the molecule is Cc1ccc(S(=O)(=O)[C@]23OC[C@@H](O)[C@H]2OC[C@@H]3O)cc1. The Kier molecular flexibility index (Phi) is 3.15. The molecule has 0 aliphatic carbocycles. The second kappa shape index (κ2) is 4.51. The average molecular weight is 300 g/mol. The summed E-state index contributed by atoms with van der Waals surface area (Å²) in [5.74, 6) is 0. The molecule has 3 rings (SSSR count). The van der Waals surface area contributed by atoms with Crippen LogP contribution in [0.1, 0.15) is 5.56 Å². The van der Waals surface area contributed by atoms with Crippen LogP contribution in [0.25, 0.3) is 0 Å². The maximum Gasteiger partial charge on any atom is 0.230 e. The van der Waals surface area contributed by atoms with Crippen molar-refractivity contribution in [1.82, 2.24) is 0 Å². The van der Waals surface area contributed by atoms with Crippen molar-refractivity contribution in [2.75, 3.05) is 13.2 Å². The van der Waals surface area contributed by atoms with Crippen LogP contribution in [0, 0.1) is 6.92 Å². The lowest BCUT2D eigenvalue weighted by atomic mass is 10.1. The van der Waals surface area contributed by atoms with Crippen molar-refractivity contribution in [3.8, 4) is 0 Å². The standard InChI is InChI=1S/C13H16O6S/c1-8-2-4-9(5-3-8)20(16,17)13-11(15)7-18-12(13)10(14)6-19-13/h2-5,10-12,14-15H,6-7H2,1H3/t10-,11+,12-,13+/m1/s1. The second-order valence-corrected chi connectivity index (χ2v) is 7.30. The van der Waals surface area contributed by atoms with E-state index in [0.717, 1.165) is 5.56 Å². The first-order valence-corrected chi connectivity index (χ1v) is 7.81. The molecule has 7 heteroatoms. The Bertz CT molecular complexity index is 610. The van der Waals surface area contributed by atoms with Crippen LogP contribution in [-0.2, 0) is 19.3 Å². The number of hydrogen-bond donors (Lipinski definition) is 2. The molecule has 2 N–H and O–H groups in total. The molecule has 0 amide bonds. The van der Waals surface area contributed by atoms with Gasteiger partial charge in [-0.15, -0.1) is 0 Å². The fraction of sp³-hybridized carbons (Fsp3) is 0.538. The third-order valence-electron chi connectivity index (χ3n) is 3.88. The van der Waals surface area contributed by atoms with Gasteiger partial charge in [0, 0.05) is 0 Å². The molecule has 20 heavy (non-hydrogen) atoms. The molecule has 1 aromatic carbocycles. The number of aryl methyl sites for hydroxylation is 1. The van der Waals surface area contributed by atoms with Gasteiger partial charge in [-0.1, -0.05) is 17.7 Å². The molecule has 0 saturated carbocycles. The highest BCUT2D eigenvalue weighted by atomic mass is 32.2. The van der Waals surface area contributed by atoms with Gasteiger partial charge in [0.2, 0.25) is 14.8 Å². The van der Waals surface area contributed by atoms with Crippen molar-refractivity contribution < 1.29 is 28.1 Å². The molecule has 0 radical (unpaired) electrons. The van der Waals surface area contributed by atoms with Crippen molar-refractivity contribution >= 4 is 9.84 Å². The largest absolute Gasteiger partial charge is 0.388 e. The van der Waals surface area contributed by atoms with Gasteiger partial charge in [-0.2, -0.15) is 0 Å². The summed E-state index contributed by atoms with van der Waals surface area (Å²) in [6, 6.07) is 6.28. The highest BCUT2D eigenvalue weighted by Crippen LogP contribution is 2.44. The summed E-state index contributed by atoms with van der Waals surface area (Å²) in [6.07, 6.45) is -3.45. The summed E-state index contributed by atoms with van der Waals surface area (Å²) in [7, 11) is -3.99. The Labute approximate surface area is 116 Å². The van der Waals surface area contributed by atoms with E-state index in [4.69, 9.17) is 9.47 Å². The van der Waals surface area contributed by atoms with Crippen molar-refractivity contribution in [3.63, 3.8) is 0 Å². The van der Waals surface area contributed by atoms with Crippen LogP contribution in [0.2, 0.25) is 0 Å². The minimum absolute atomic E-state index is 0.0479. The minimum Gasteiger partial charge on any atom is -0.388 e. The van der Waals surface area contributed by atoms with Crippen LogP contribution >= 0.6 is 0 Å². The minimum atomic E-state index is -3.99. The van der Waals surface area contributed by atoms with E-state index in [1.165, 1.54) is 12.1 Å². The van der Waals surface area contributed by atoms with Crippen molar-refractivity contribution in [2.24, 2.45) is 0 Å². The lowest BCUT2D eigenvalue weighted by Crippen LogP contribution is -2.53. The highest BCUT2D eigenvalue weighted by Gasteiger charge is 2.67. The van der Waals surface area contributed by atoms with Gasteiger partial charge in [-0.3, -0.25) is 0 Å². The second-order valence-electron chi connectivity index (χ2n) is 5.19. The summed E-state index contributed by atoms with van der Waals surface area (Å²) in [5.41, 5.74) is 0.925. The van der Waals surface area contributed by atoms with Crippen LogP contribution in [0.5, 0.6) is 0 Å². The van der Waals surface area contributed by atoms with Crippen molar-refractivity contribution in [3.05, 3.63) is 29.8 Å². The number of benzene rings is 1. The smallest absolute Gasteiger partial charge is 0.230 e. The summed E-state index contributed by atoms with van der Waals surface area (Å²) in [6.45, 7) is 1.50. The van der Waals surface area contributed by atoms with Gasteiger partial charge in [-0.25, -0.2) is 8.42 Å². The molecule has 2 aliphatic rings. The normalized spacial score (nSPS) is 37.0. The van der Waals surface area contributed by atoms with Gasteiger partial charge < -0.3 is 19.7 Å². The predicted octanol–water partition coefficient (Wildman–Crippen LogP) is -0.384. The average Bonchev–Trinajstić information content (AvgIpc) is 2.92. The van der Waals surface area contributed by atoms with Crippen LogP contribution in [0.15, 0.2) is 29.2 Å².